The lowest BCUT2D eigenvalue weighted by atomic mass is 10.1. The first kappa shape index (κ1) is 42.5. The molecule has 14 heteroatoms. The number of hydrogen-bond acceptors (Lipinski definition) is 7. The van der Waals surface area contributed by atoms with E-state index in [4.69, 9.17) is 37.8 Å². The van der Waals surface area contributed by atoms with Gasteiger partial charge in [0.2, 0.25) is 5.91 Å². The van der Waals surface area contributed by atoms with Gasteiger partial charge in [-0.1, -0.05) is 47.5 Å². The topological polar surface area (TPSA) is 138 Å². The van der Waals surface area contributed by atoms with Crippen molar-refractivity contribution in [3.63, 3.8) is 0 Å². The molecule has 3 N–H and O–H groups in total. The molecule has 1 heterocycles. The number of anilines is 2. The first-order valence-corrected chi connectivity index (χ1v) is 17.5. The second kappa shape index (κ2) is 19.2. The Kier molecular flexibility index (Phi) is 15.4. The summed E-state index contributed by atoms with van der Waals surface area (Å²) < 4.78 is 23.5. The normalized spacial score (nSPS) is 13.6. The van der Waals surface area contributed by atoms with Crippen molar-refractivity contribution < 1.29 is 38.1 Å². The van der Waals surface area contributed by atoms with Crippen molar-refractivity contribution in [2.24, 2.45) is 0 Å². The molecule has 0 unspecified atom stereocenters. The van der Waals surface area contributed by atoms with Crippen molar-refractivity contribution in [1.29, 1.82) is 0 Å². The summed E-state index contributed by atoms with van der Waals surface area (Å²) in [6.07, 6.45) is 4.28. The Bertz CT molecular complexity index is 1810. The molecule has 1 aliphatic heterocycles. The van der Waals surface area contributed by atoms with E-state index in [2.05, 4.69) is 15.5 Å². The molecule has 1 saturated heterocycles. The third kappa shape index (κ3) is 16.1. The fraction of sp³-hybridized carbons (Fsp3) is 0.333. The van der Waals surface area contributed by atoms with Crippen LogP contribution in [0.15, 0.2) is 72.8 Å². The molecule has 0 spiro atoms. The lowest BCUT2D eigenvalue weighted by Crippen LogP contribution is -2.47. The Labute approximate surface area is 319 Å². The average Bonchev–Trinajstić information content (AvgIpc) is 3.04. The van der Waals surface area contributed by atoms with Gasteiger partial charge in [-0.05, 0) is 107 Å². The molecule has 0 aliphatic carbocycles. The van der Waals surface area contributed by atoms with Crippen LogP contribution in [-0.2, 0) is 25.6 Å². The van der Waals surface area contributed by atoms with Crippen LogP contribution in [0.5, 0.6) is 0 Å². The van der Waals surface area contributed by atoms with E-state index in [9.17, 15) is 23.6 Å². The fourth-order valence-electron chi connectivity index (χ4n) is 4.79. The van der Waals surface area contributed by atoms with Gasteiger partial charge >= 0.3 is 18.2 Å². The number of nitrogens with one attached hydrogen (secondary N) is 2. The highest BCUT2D eigenvalue weighted by Crippen LogP contribution is 2.25. The molecule has 3 aromatic carbocycles. The van der Waals surface area contributed by atoms with Crippen LogP contribution in [-0.4, -0.2) is 76.4 Å². The van der Waals surface area contributed by atoms with Crippen LogP contribution in [0.1, 0.15) is 58.2 Å². The van der Waals surface area contributed by atoms with Crippen LogP contribution in [0, 0.1) is 5.82 Å². The van der Waals surface area contributed by atoms with E-state index in [1.165, 1.54) is 30.4 Å². The average molecular weight is 772 g/mol. The van der Waals surface area contributed by atoms with Crippen molar-refractivity contribution in [2.75, 3.05) is 36.8 Å². The molecule has 0 aromatic heterocycles. The number of carboxylic acids is 1. The Hall–Kier alpha value is -4.91. The Morgan fingerprint density at radius 3 is 1.62 bits per heavy atom. The minimum Gasteiger partial charge on any atom is -0.478 e. The number of amides is 3. The standard InChI is InChI=1S/C25H29ClFN3O3.C14H16ClNO4/c1-25(2,3)33-24(32)28-22-16-20(26)8-6-19(22)7-11-23(31)30-14-12-29(13-15-30)17-18-4-9-21(27)10-5-18;1-14(2,3)20-13(19)16-11-8-10(15)6-4-9(11)5-7-12(17)18/h4-11,16H,12-15,17H2,1-3H3,(H,28,32);4-8H,1-3H3,(H,16,19)(H,17,18)/b11-7+;7-5+. The van der Waals surface area contributed by atoms with Gasteiger partial charge in [0.05, 0.1) is 11.4 Å². The molecule has 4 rings (SSSR count). The molecule has 3 amide bonds. The maximum absolute atomic E-state index is 13.1. The summed E-state index contributed by atoms with van der Waals surface area (Å²) in [5.41, 5.74) is 1.79. The van der Waals surface area contributed by atoms with E-state index in [-0.39, 0.29) is 11.7 Å². The second-order valence-corrected chi connectivity index (χ2v) is 14.8. The number of rotatable bonds is 8. The monoisotopic (exact) mass is 770 g/mol. The summed E-state index contributed by atoms with van der Waals surface area (Å²) in [5.74, 6) is -1.43. The Morgan fingerprint density at radius 1 is 0.736 bits per heavy atom. The number of piperazine rings is 1. The van der Waals surface area contributed by atoms with E-state index in [1.54, 1.807) is 95.0 Å². The van der Waals surface area contributed by atoms with Gasteiger partial charge in [-0.3, -0.25) is 20.3 Å². The van der Waals surface area contributed by atoms with E-state index >= 15 is 0 Å². The summed E-state index contributed by atoms with van der Waals surface area (Å²) in [7, 11) is 0. The van der Waals surface area contributed by atoms with E-state index in [1.807, 2.05) is 0 Å². The summed E-state index contributed by atoms with van der Waals surface area (Å²) in [6, 6.07) is 16.3. The number of hydrogen-bond donors (Lipinski definition) is 3. The number of halogens is 3. The summed E-state index contributed by atoms with van der Waals surface area (Å²) in [6.45, 7) is 14.0. The zero-order valence-corrected chi connectivity index (χ0v) is 32.1. The van der Waals surface area contributed by atoms with Crippen LogP contribution in [0.3, 0.4) is 0 Å². The third-order valence-electron chi connectivity index (χ3n) is 7.12. The molecule has 284 valence electrons. The predicted molar refractivity (Wildman–Crippen MR) is 207 cm³/mol. The fourth-order valence-corrected chi connectivity index (χ4v) is 5.14. The van der Waals surface area contributed by atoms with Crippen LogP contribution >= 0.6 is 23.2 Å². The number of carbonyl (C=O) groups is 4. The Morgan fingerprint density at radius 2 is 1.19 bits per heavy atom. The van der Waals surface area contributed by atoms with E-state index in [0.717, 1.165) is 31.3 Å². The number of ether oxygens (including phenoxy) is 2. The molecule has 0 radical (unpaired) electrons. The molecule has 53 heavy (non-hydrogen) atoms. The quantitative estimate of drug-likeness (QED) is 0.193. The lowest BCUT2D eigenvalue weighted by molar-refractivity contribution is -0.131. The largest absolute Gasteiger partial charge is 0.478 e. The summed E-state index contributed by atoms with van der Waals surface area (Å²) in [4.78, 5) is 51.1. The van der Waals surface area contributed by atoms with Gasteiger partial charge in [0.1, 0.15) is 17.0 Å². The minimum absolute atomic E-state index is 0.102. The molecule has 0 saturated carbocycles. The molecular weight excluding hydrogens is 726 g/mol. The maximum Gasteiger partial charge on any atom is 0.412 e. The Balaban J connectivity index is 0.000000324. The minimum atomic E-state index is -1.08. The molecule has 0 bridgehead atoms. The highest BCUT2D eigenvalue weighted by molar-refractivity contribution is 6.31. The van der Waals surface area contributed by atoms with Crippen LogP contribution in [0.2, 0.25) is 10.0 Å². The number of aliphatic carboxylic acids is 1. The zero-order chi connectivity index (χ0) is 39.3. The number of carbonyl (C=O) groups excluding carboxylic acids is 3. The van der Waals surface area contributed by atoms with Gasteiger partial charge in [0.15, 0.2) is 0 Å². The van der Waals surface area contributed by atoms with Crippen LogP contribution in [0.25, 0.3) is 12.2 Å². The van der Waals surface area contributed by atoms with Gasteiger partial charge in [-0.25, -0.2) is 18.8 Å². The molecule has 3 aromatic rings. The maximum atomic E-state index is 13.1. The molecule has 11 nitrogen and oxygen atoms in total. The van der Waals surface area contributed by atoms with Crippen LogP contribution in [0.4, 0.5) is 25.4 Å². The van der Waals surface area contributed by atoms with E-state index < -0.39 is 29.4 Å². The lowest BCUT2D eigenvalue weighted by Gasteiger charge is -2.34. The van der Waals surface area contributed by atoms with E-state index in [0.29, 0.717) is 45.6 Å². The third-order valence-corrected chi connectivity index (χ3v) is 7.59. The van der Waals surface area contributed by atoms with Crippen molar-refractivity contribution in [3.05, 3.63) is 105 Å². The number of nitrogens with zero attached hydrogens (tertiary/aromatic N) is 2. The van der Waals surface area contributed by atoms with Gasteiger partial charge in [0.25, 0.3) is 0 Å². The second-order valence-electron chi connectivity index (χ2n) is 13.9. The predicted octanol–water partition coefficient (Wildman–Crippen LogP) is 8.97. The summed E-state index contributed by atoms with van der Waals surface area (Å²) >= 11 is 11.9. The van der Waals surface area contributed by atoms with Gasteiger partial charge in [-0.15, -0.1) is 0 Å². The zero-order valence-electron chi connectivity index (χ0n) is 30.5. The summed E-state index contributed by atoms with van der Waals surface area (Å²) in [5, 5.41) is 14.7. The molecule has 0 atom stereocenters. The van der Waals surface area contributed by atoms with Gasteiger partial charge in [-0.2, -0.15) is 0 Å². The number of benzene rings is 3. The van der Waals surface area contributed by atoms with Crippen molar-refractivity contribution in [2.45, 2.75) is 59.3 Å². The van der Waals surface area contributed by atoms with Gasteiger partial charge < -0.3 is 19.5 Å². The SMILES string of the molecule is CC(C)(C)OC(=O)Nc1cc(Cl)ccc1/C=C/C(=O)N1CCN(Cc2ccc(F)cc2)CC1.CC(C)(C)OC(=O)Nc1cc(Cl)ccc1/C=C/C(=O)O. The molecular formula is C39H45Cl2FN4O7. The highest BCUT2D eigenvalue weighted by atomic mass is 35.5. The first-order valence-electron chi connectivity index (χ1n) is 16.7. The first-order chi connectivity index (χ1) is 24.8. The van der Waals surface area contributed by atoms with Crippen molar-refractivity contribution >= 4 is 70.8 Å². The number of carboxylic acid groups (broad SMARTS) is 1. The molecule has 1 fully saturated rings. The van der Waals surface area contributed by atoms with Crippen molar-refractivity contribution in [3.8, 4) is 0 Å². The highest BCUT2D eigenvalue weighted by Gasteiger charge is 2.21. The van der Waals surface area contributed by atoms with Crippen molar-refractivity contribution in [1.82, 2.24) is 9.80 Å². The smallest absolute Gasteiger partial charge is 0.412 e. The molecule has 1 aliphatic rings. The van der Waals surface area contributed by atoms with Crippen LogP contribution < -0.4 is 10.6 Å². The van der Waals surface area contributed by atoms with Gasteiger partial charge in [0, 0.05) is 54.9 Å².